The highest BCUT2D eigenvalue weighted by Gasteiger charge is 2.38. The van der Waals surface area contributed by atoms with Gasteiger partial charge in [0, 0.05) is 7.06 Å². The third-order valence-electron chi connectivity index (χ3n) is 3.62. The van der Waals surface area contributed by atoms with Gasteiger partial charge >= 0.3 is 0 Å². The number of hydrogen-bond donors (Lipinski definition) is 1. The summed E-state index contributed by atoms with van der Waals surface area (Å²) in [5.41, 5.74) is 0. The molecule has 1 fully saturated rings. The smallest absolute Gasteiger partial charge is 0.0841 e. The van der Waals surface area contributed by atoms with Gasteiger partial charge in [-0.25, -0.2) is 0 Å². The SMILES string of the molecule is [2H]C([3H])OC[C@H]1O[C@@H](CO)[C@H](C)[C@@H](C)[C@H]1C. The summed E-state index contributed by atoms with van der Waals surface area (Å²) in [6.45, 7) is 6.58. The van der Waals surface area contributed by atoms with E-state index < -0.39 is 7.06 Å². The molecule has 3 heteroatoms. The van der Waals surface area contributed by atoms with E-state index in [2.05, 4.69) is 20.8 Å². The van der Waals surface area contributed by atoms with Crippen molar-refractivity contribution < 1.29 is 17.3 Å². The van der Waals surface area contributed by atoms with E-state index in [1.54, 1.807) is 0 Å². The van der Waals surface area contributed by atoms with Gasteiger partial charge in [0.25, 0.3) is 0 Å². The monoisotopic (exact) mass is 205 g/mol. The molecule has 3 nitrogen and oxygen atoms in total. The van der Waals surface area contributed by atoms with E-state index in [-0.39, 0.29) is 25.4 Å². The lowest BCUT2D eigenvalue weighted by Gasteiger charge is -2.43. The maximum absolute atomic E-state index is 9.22. The van der Waals surface area contributed by atoms with E-state index >= 15 is 0 Å². The molecule has 1 unspecified atom stereocenters. The summed E-state index contributed by atoms with van der Waals surface area (Å²) in [6.07, 6.45) is -0.281. The maximum atomic E-state index is 9.22. The molecule has 1 rings (SSSR count). The number of methoxy groups -OCH3 is 1. The van der Waals surface area contributed by atoms with Crippen molar-refractivity contribution in [1.29, 1.82) is 0 Å². The van der Waals surface area contributed by atoms with E-state index in [4.69, 9.17) is 12.2 Å². The minimum Gasteiger partial charge on any atom is -0.394 e. The second-order valence-electron chi connectivity index (χ2n) is 4.31. The number of hydrogen-bond acceptors (Lipinski definition) is 3. The molecule has 1 heterocycles. The first kappa shape index (κ1) is 9.13. The van der Waals surface area contributed by atoms with Gasteiger partial charge in [-0.3, -0.25) is 0 Å². The molecule has 0 spiro atoms. The van der Waals surface area contributed by atoms with Gasteiger partial charge in [-0.15, -0.1) is 0 Å². The molecule has 1 N–H and O–H groups in total. The van der Waals surface area contributed by atoms with Crippen LogP contribution >= 0.6 is 0 Å². The fourth-order valence-electron chi connectivity index (χ4n) is 2.12. The van der Waals surface area contributed by atoms with Crippen LogP contribution in [-0.4, -0.2) is 37.6 Å². The van der Waals surface area contributed by atoms with Crippen LogP contribution in [0.25, 0.3) is 0 Å². The van der Waals surface area contributed by atoms with E-state index in [0.717, 1.165) is 0 Å². The van der Waals surface area contributed by atoms with Crippen molar-refractivity contribution in [2.45, 2.75) is 33.0 Å². The van der Waals surface area contributed by atoms with Crippen LogP contribution in [0.15, 0.2) is 0 Å². The molecule has 1 saturated heterocycles. The molecular weight excluding hydrogens is 180 g/mol. The summed E-state index contributed by atoms with van der Waals surface area (Å²) in [5, 5.41) is 9.22. The Hall–Kier alpha value is -0.120. The zero-order valence-corrected chi connectivity index (χ0v) is 9.14. The topological polar surface area (TPSA) is 38.7 Å². The Morgan fingerprint density at radius 1 is 1.36 bits per heavy atom. The first-order valence-electron chi connectivity index (χ1n) is 6.35. The van der Waals surface area contributed by atoms with Crippen LogP contribution in [0.2, 0.25) is 0 Å². The van der Waals surface area contributed by atoms with Crippen LogP contribution in [0.4, 0.5) is 0 Å². The van der Waals surface area contributed by atoms with Crippen LogP contribution in [-0.2, 0) is 9.47 Å². The highest BCUT2D eigenvalue weighted by Crippen LogP contribution is 2.34. The minimum atomic E-state index is -1.27. The highest BCUT2D eigenvalue weighted by atomic mass is 16.5. The van der Waals surface area contributed by atoms with E-state index in [9.17, 15) is 5.11 Å². The molecule has 1 aliphatic rings. The van der Waals surface area contributed by atoms with Crippen LogP contribution in [0, 0.1) is 17.8 Å². The standard InChI is InChI=1S/C11H22O3/c1-7-8(2)10(5-12)14-11(6-13-4)9(7)3/h7-12H,5-6H2,1-4H3/t7-,8-,9-,10+,11-/m1/s1/i4TD/t4?,7-,8-,9-,10+,11-. The summed E-state index contributed by atoms with van der Waals surface area (Å²) in [4.78, 5) is 0. The fourth-order valence-corrected chi connectivity index (χ4v) is 2.12. The van der Waals surface area contributed by atoms with Gasteiger partial charge in [-0.05, 0) is 17.8 Å². The number of aliphatic hydroxyl groups excluding tert-OH is 1. The van der Waals surface area contributed by atoms with Crippen molar-refractivity contribution >= 4 is 0 Å². The Kier molecular flexibility index (Phi) is 3.33. The number of aliphatic hydroxyl groups is 1. The van der Waals surface area contributed by atoms with Gasteiger partial charge in [-0.1, -0.05) is 20.8 Å². The van der Waals surface area contributed by atoms with E-state index in [0.29, 0.717) is 17.8 Å². The first-order chi connectivity index (χ1) is 7.47. The first-order valence-corrected chi connectivity index (χ1v) is 5.19. The molecule has 84 valence electrons. The van der Waals surface area contributed by atoms with Crippen LogP contribution in [0.5, 0.6) is 0 Å². The van der Waals surface area contributed by atoms with Crippen molar-refractivity contribution in [1.82, 2.24) is 0 Å². The van der Waals surface area contributed by atoms with Crippen molar-refractivity contribution in [3.63, 3.8) is 0 Å². The average Bonchev–Trinajstić information content (AvgIpc) is 2.25. The largest absolute Gasteiger partial charge is 0.394 e. The molecule has 0 aromatic heterocycles. The predicted molar refractivity (Wildman–Crippen MR) is 55.1 cm³/mol. The quantitative estimate of drug-likeness (QED) is 0.755. The fraction of sp³-hybridized carbons (Fsp3) is 1.00. The van der Waals surface area contributed by atoms with Crippen LogP contribution < -0.4 is 0 Å². The second-order valence-corrected chi connectivity index (χ2v) is 4.31. The summed E-state index contributed by atoms with van der Waals surface area (Å²) in [7, 11) is -1.27. The van der Waals surface area contributed by atoms with Crippen LogP contribution in [0.1, 0.15) is 23.5 Å². The van der Waals surface area contributed by atoms with E-state index in [1.165, 1.54) is 0 Å². The normalized spacial score (nSPS) is 48.1. The lowest BCUT2D eigenvalue weighted by Crippen LogP contribution is -2.47. The van der Waals surface area contributed by atoms with Gasteiger partial charge in [0.15, 0.2) is 0 Å². The molecule has 1 aliphatic heterocycles. The Bertz CT molecular complexity index is 211. The summed E-state index contributed by atoms with van der Waals surface area (Å²) in [6, 6.07) is 0. The minimum absolute atomic E-state index is 0.0138. The maximum Gasteiger partial charge on any atom is 0.0841 e. The predicted octanol–water partition coefficient (Wildman–Crippen LogP) is 1.30. The molecule has 0 radical (unpaired) electrons. The Morgan fingerprint density at radius 3 is 2.57 bits per heavy atom. The van der Waals surface area contributed by atoms with Crippen molar-refractivity contribution in [2.24, 2.45) is 17.8 Å². The van der Waals surface area contributed by atoms with Crippen molar-refractivity contribution in [3.8, 4) is 0 Å². The zero-order valence-electron chi connectivity index (χ0n) is 11.1. The van der Waals surface area contributed by atoms with Gasteiger partial charge in [0.05, 0.1) is 28.2 Å². The molecule has 0 amide bonds. The Labute approximate surface area is 89.2 Å². The number of ether oxygens (including phenoxy) is 2. The molecule has 6 atom stereocenters. The molecule has 0 aromatic carbocycles. The summed E-state index contributed by atoms with van der Waals surface area (Å²) < 4.78 is 24.7. The Morgan fingerprint density at radius 2 is 2.00 bits per heavy atom. The van der Waals surface area contributed by atoms with Crippen molar-refractivity contribution in [2.75, 3.05) is 20.3 Å². The molecule has 0 saturated carbocycles. The number of rotatable bonds is 3. The van der Waals surface area contributed by atoms with E-state index in [1.807, 2.05) is 0 Å². The van der Waals surface area contributed by atoms with Crippen LogP contribution in [0.3, 0.4) is 0 Å². The molecule has 0 aliphatic carbocycles. The third kappa shape index (κ3) is 2.27. The van der Waals surface area contributed by atoms with Gasteiger partial charge < -0.3 is 14.6 Å². The third-order valence-corrected chi connectivity index (χ3v) is 3.62. The molecular formula is C11H22O3. The average molecular weight is 205 g/mol. The van der Waals surface area contributed by atoms with Crippen molar-refractivity contribution in [3.05, 3.63) is 0 Å². The summed E-state index contributed by atoms with van der Waals surface area (Å²) in [5.74, 6) is 1.07. The second kappa shape index (κ2) is 5.10. The lowest BCUT2D eigenvalue weighted by molar-refractivity contribution is -0.163. The lowest BCUT2D eigenvalue weighted by atomic mass is 9.77. The van der Waals surface area contributed by atoms with Gasteiger partial charge in [-0.2, -0.15) is 0 Å². The highest BCUT2D eigenvalue weighted by molar-refractivity contribution is 4.85. The Balaban J connectivity index is 2.56. The molecule has 14 heavy (non-hydrogen) atoms. The van der Waals surface area contributed by atoms with Gasteiger partial charge in [0.1, 0.15) is 0 Å². The van der Waals surface area contributed by atoms with Gasteiger partial charge in [0.2, 0.25) is 0 Å². The molecule has 0 aromatic rings. The summed E-state index contributed by atoms with van der Waals surface area (Å²) >= 11 is 0. The zero-order chi connectivity index (χ0) is 12.3. The molecule has 0 bridgehead atoms.